The molecule has 0 radical (unpaired) electrons. The van der Waals surface area contributed by atoms with E-state index in [1.807, 2.05) is 0 Å². The molecule has 0 saturated carbocycles. The van der Waals surface area contributed by atoms with Crippen molar-refractivity contribution in [2.24, 2.45) is 5.10 Å². The van der Waals surface area contributed by atoms with Crippen molar-refractivity contribution < 1.29 is 18.3 Å². The summed E-state index contributed by atoms with van der Waals surface area (Å²) in [6, 6.07) is 5.77. The van der Waals surface area contributed by atoms with Gasteiger partial charge in [-0.2, -0.15) is 13.9 Å². The molecule has 0 aromatic heterocycles. The van der Waals surface area contributed by atoms with E-state index < -0.39 is 6.61 Å². The number of benzene rings is 1. The average molecular weight is 240 g/mol. The van der Waals surface area contributed by atoms with Gasteiger partial charge in [-0.25, -0.2) is 5.01 Å². The maximum Gasteiger partial charge on any atom is 0.387 e. The number of anilines is 1. The van der Waals surface area contributed by atoms with Crippen LogP contribution in [-0.4, -0.2) is 18.2 Å². The molecule has 1 aliphatic rings. The number of carbonyl (C=O) groups excluding carboxylic acids is 1. The Hall–Kier alpha value is -1.98. The third-order valence-electron chi connectivity index (χ3n) is 2.22. The Morgan fingerprint density at radius 1 is 1.35 bits per heavy atom. The molecule has 1 aromatic carbocycles. The first kappa shape index (κ1) is 11.5. The third kappa shape index (κ3) is 2.58. The maximum absolute atomic E-state index is 11.9. The Morgan fingerprint density at radius 3 is 2.47 bits per heavy atom. The number of alkyl halides is 2. The Bertz CT molecular complexity index is 457. The molecule has 6 heteroatoms. The number of hydrogen-bond donors (Lipinski definition) is 0. The van der Waals surface area contributed by atoms with Gasteiger partial charge in [0.05, 0.1) is 12.1 Å². The first-order valence-electron chi connectivity index (χ1n) is 4.98. The topological polar surface area (TPSA) is 41.9 Å². The van der Waals surface area contributed by atoms with Crippen molar-refractivity contribution >= 4 is 17.3 Å². The molecule has 0 atom stereocenters. The Morgan fingerprint density at radius 2 is 2.00 bits per heavy atom. The molecule has 0 fully saturated rings. The second-order valence-corrected chi connectivity index (χ2v) is 3.59. The van der Waals surface area contributed by atoms with Crippen LogP contribution in [0.5, 0.6) is 5.75 Å². The number of carbonyl (C=O) groups is 1. The number of hydrazone groups is 1. The zero-order valence-electron chi connectivity index (χ0n) is 9.06. The molecule has 0 aliphatic carbocycles. The molecule has 1 aromatic rings. The first-order chi connectivity index (χ1) is 8.06. The van der Waals surface area contributed by atoms with E-state index in [9.17, 15) is 13.6 Å². The highest BCUT2D eigenvalue weighted by Gasteiger charge is 2.22. The minimum absolute atomic E-state index is 0.0519. The van der Waals surface area contributed by atoms with Gasteiger partial charge in [-0.1, -0.05) is 0 Å². The van der Waals surface area contributed by atoms with Gasteiger partial charge >= 0.3 is 6.61 Å². The summed E-state index contributed by atoms with van der Waals surface area (Å²) < 4.78 is 28.1. The predicted octanol–water partition coefficient (Wildman–Crippen LogP) is 2.40. The van der Waals surface area contributed by atoms with Crippen molar-refractivity contribution in [3.63, 3.8) is 0 Å². The van der Waals surface area contributed by atoms with Crippen molar-refractivity contribution in [2.45, 2.75) is 20.0 Å². The van der Waals surface area contributed by atoms with E-state index in [4.69, 9.17) is 0 Å². The van der Waals surface area contributed by atoms with E-state index >= 15 is 0 Å². The van der Waals surface area contributed by atoms with E-state index in [0.29, 0.717) is 5.69 Å². The van der Waals surface area contributed by atoms with Crippen molar-refractivity contribution in [1.82, 2.24) is 0 Å². The molecule has 0 N–H and O–H groups in total. The molecular weight excluding hydrogens is 230 g/mol. The lowest BCUT2D eigenvalue weighted by molar-refractivity contribution is -0.116. The van der Waals surface area contributed by atoms with Crippen LogP contribution < -0.4 is 9.75 Å². The van der Waals surface area contributed by atoms with Crippen LogP contribution in [0.4, 0.5) is 14.5 Å². The van der Waals surface area contributed by atoms with E-state index in [2.05, 4.69) is 9.84 Å². The molecule has 90 valence electrons. The number of amides is 1. The predicted molar refractivity (Wildman–Crippen MR) is 58.3 cm³/mol. The van der Waals surface area contributed by atoms with E-state index in [-0.39, 0.29) is 18.1 Å². The molecule has 4 nitrogen and oxygen atoms in total. The molecule has 17 heavy (non-hydrogen) atoms. The summed E-state index contributed by atoms with van der Waals surface area (Å²) in [5, 5.41) is 5.29. The fraction of sp³-hybridized carbons (Fsp3) is 0.273. The lowest BCUT2D eigenvalue weighted by Crippen LogP contribution is -2.19. The second kappa shape index (κ2) is 4.48. The largest absolute Gasteiger partial charge is 0.435 e. The number of hydrogen-bond acceptors (Lipinski definition) is 3. The molecule has 0 bridgehead atoms. The average Bonchev–Trinajstić information content (AvgIpc) is 2.58. The molecular formula is C11H10F2N2O2. The lowest BCUT2D eigenvalue weighted by atomic mass is 10.2. The normalized spacial score (nSPS) is 15.4. The Kier molecular flexibility index (Phi) is 3.03. The van der Waals surface area contributed by atoms with Crippen molar-refractivity contribution in [3.05, 3.63) is 24.3 Å². The van der Waals surface area contributed by atoms with Crippen LogP contribution in [0.2, 0.25) is 0 Å². The van der Waals surface area contributed by atoms with E-state index in [1.165, 1.54) is 29.3 Å². The van der Waals surface area contributed by atoms with Crippen molar-refractivity contribution in [1.29, 1.82) is 0 Å². The highest BCUT2D eigenvalue weighted by molar-refractivity contribution is 6.12. The molecule has 0 unspecified atom stereocenters. The van der Waals surface area contributed by atoms with Gasteiger partial charge in [-0.3, -0.25) is 4.79 Å². The highest BCUT2D eigenvalue weighted by atomic mass is 19.3. The van der Waals surface area contributed by atoms with Gasteiger partial charge in [0.2, 0.25) is 0 Å². The summed E-state index contributed by atoms with van der Waals surface area (Å²) in [7, 11) is 0. The van der Waals surface area contributed by atoms with Crippen molar-refractivity contribution in [3.8, 4) is 5.75 Å². The van der Waals surface area contributed by atoms with E-state index in [0.717, 1.165) is 5.71 Å². The fourth-order valence-corrected chi connectivity index (χ4v) is 1.53. The van der Waals surface area contributed by atoms with Crippen LogP contribution >= 0.6 is 0 Å². The molecule has 0 saturated heterocycles. The highest BCUT2D eigenvalue weighted by Crippen LogP contribution is 2.24. The van der Waals surface area contributed by atoms with Gasteiger partial charge in [-0.05, 0) is 31.2 Å². The molecule has 0 spiro atoms. The van der Waals surface area contributed by atoms with Crippen LogP contribution in [0.3, 0.4) is 0 Å². The third-order valence-corrected chi connectivity index (χ3v) is 2.22. The van der Waals surface area contributed by atoms with Crippen LogP contribution in [0.25, 0.3) is 0 Å². The van der Waals surface area contributed by atoms with Crippen LogP contribution in [0.1, 0.15) is 13.3 Å². The number of ether oxygens (including phenoxy) is 1. The summed E-state index contributed by atoms with van der Waals surface area (Å²) in [5.74, 6) is -0.0823. The molecule has 1 amide bonds. The smallest absolute Gasteiger partial charge is 0.387 e. The summed E-state index contributed by atoms with van der Waals surface area (Å²) in [5.41, 5.74) is 1.26. The van der Waals surface area contributed by atoms with E-state index in [1.54, 1.807) is 6.92 Å². The standard InChI is InChI=1S/C11H10F2N2O2/c1-7-6-10(16)15(14-7)8-2-4-9(5-3-8)17-11(12)13/h2-5,11H,6H2,1H3. The number of halogens is 2. The lowest BCUT2D eigenvalue weighted by Gasteiger charge is -2.12. The molecule has 1 aliphatic heterocycles. The zero-order valence-corrected chi connectivity index (χ0v) is 9.06. The van der Waals surface area contributed by atoms with Gasteiger partial charge in [0.1, 0.15) is 5.75 Å². The van der Waals surface area contributed by atoms with Crippen LogP contribution in [-0.2, 0) is 4.79 Å². The summed E-state index contributed by atoms with van der Waals surface area (Å²) in [4.78, 5) is 11.5. The van der Waals surface area contributed by atoms with Crippen LogP contribution in [0, 0.1) is 0 Å². The first-order valence-corrected chi connectivity index (χ1v) is 4.98. The molecule has 1 heterocycles. The number of rotatable bonds is 3. The van der Waals surface area contributed by atoms with Gasteiger partial charge in [0, 0.05) is 5.71 Å². The SMILES string of the molecule is CC1=NN(c2ccc(OC(F)F)cc2)C(=O)C1. The summed E-state index contributed by atoms with van der Waals surface area (Å²) >= 11 is 0. The van der Waals surface area contributed by atoms with Crippen LogP contribution in [0.15, 0.2) is 29.4 Å². The quantitative estimate of drug-likeness (QED) is 0.814. The maximum atomic E-state index is 11.9. The summed E-state index contributed by atoms with van der Waals surface area (Å²) in [6.07, 6.45) is 0.287. The zero-order chi connectivity index (χ0) is 12.4. The van der Waals surface area contributed by atoms with Gasteiger partial charge in [0.25, 0.3) is 5.91 Å². The Balaban J connectivity index is 2.15. The fourth-order valence-electron chi connectivity index (χ4n) is 1.53. The minimum Gasteiger partial charge on any atom is -0.435 e. The monoisotopic (exact) mass is 240 g/mol. The summed E-state index contributed by atoms with van der Waals surface area (Å²) in [6.45, 7) is -1.10. The number of nitrogens with zero attached hydrogens (tertiary/aromatic N) is 2. The van der Waals surface area contributed by atoms with Crippen molar-refractivity contribution in [2.75, 3.05) is 5.01 Å². The van der Waals surface area contributed by atoms with Gasteiger partial charge in [-0.15, -0.1) is 0 Å². The minimum atomic E-state index is -2.85. The Labute approximate surface area is 96.5 Å². The van der Waals surface area contributed by atoms with Gasteiger partial charge in [0.15, 0.2) is 0 Å². The van der Waals surface area contributed by atoms with Gasteiger partial charge < -0.3 is 4.74 Å². The second-order valence-electron chi connectivity index (χ2n) is 3.59. The molecule has 2 rings (SSSR count).